The van der Waals surface area contributed by atoms with Crippen LogP contribution in [-0.4, -0.2) is 13.1 Å². The molecule has 0 aliphatic carbocycles. The number of hydrogen-bond donors (Lipinski definition) is 1. The van der Waals surface area contributed by atoms with Gasteiger partial charge in [0, 0.05) is 30.0 Å². The fourth-order valence-electron chi connectivity index (χ4n) is 2.90. The number of nitrogens with two attached hydrogens (primary N) is 1. The molecule has 100 valence electrons. The molecule has 2 nitrogen and oxygen atoms in total. The van der Waals surface area contributed by atoms with Crippen molar-refractivity contribution in [2.75, 3.05) is 23.7 Å². The number of nitrogens with zero attached hydrogens (tertiary/aromatic N) is 1. The lowest BCUT2D eigenvalue weighted by molar-refractivity contribution is 0.151. The summed E-state index contributed by atoms with van der Waals surface area (Å²) in [6.07, 6.45) is -1.31. The fourth-order valence-corrected chi connectivity index (χ4v) is 2.90. The molecule has 1 aromatic rings. The average molecular weight is 254 g/mol. The van der Waals surface area contributed by atoms with Crippen molar-refractivity contribution in [3.8, 4) is 0 Å². The van der Waals surface area contributed by atoms with Crippen LogP contribution in [0.25, 0.3) is 0 Å². The third-order valence-electron chi connectivity index (χ3n) is 3.50. The Kier molecular flexibility index (Phi) is 3.73. The Morgan fingerprint density at radius 1 is 1.22 bits per heavy atom. The van der Waals surface area contributed by atoms with Crippen LogP contribution in [0.5, 0.6) is 0 Å². The van der Waals surface area contributed by atoms with Crippen molar-refractivity contribution in [1.29, 1.82) is 0 Å². The first-order valence-electron chi connectivity index (χ1n) is 6.40. The summed E-state index contributed by atoms with van der Waals surface area (Å²) < 4.78 is 26.1. The molecule has 0 aromatic heterocycles. The molecule has 0 bridgehead atoms. The Hall–Kier alpha value is -1.32. The smallest absolute Gasteiger partial charge is 0.265 e. The van der Waals surface area contributed by atoms with Crippen LogP contribution >= 0.6 is 0 Å². The number of nitrogen functional groups attached to an aromatic ring is 1. The van der Waals surface area contributed by atoms with Crippen molar-refractivity contribution < 1.29 is 8.78 Å². The van der Waals surface area contributed by atoms with Crippen molar-refractivity contribution in [3.63, 3.8) is 0 Å². The summed E-state index contributed by atoms with van der Waals surface area (Å²) in [5.41, 5.74) is 6.68. The summed E-state index contributed by atoms with van der Waals surface area (Å²) in [5, 5.41) is 0. The van der Waals surface area contributed by atoms with Gasteiger partial charge in [-0.2, -0.15) is 0 Å². The molecule has 1 heterocycles. The second kappa shape index (κ2) is 5.12. The van der Waals surface area contributed by atoms with Crippen LogP contribution in [0.1, 0.15) is 32.3 Å². The fraction of sp³-hybridized carbons (Fsp3) is 0.571. The van der Waals surface area contributed by atoms with E-state index in [4.69, 9.17) is 5.73 Å². The zero-order valence-corrected chi connectivity index (χ0v) is 10.9. The van der Waals surface area contributed by atoms with E-state index < -0.39 is 6.43 Å². The topological polar surface area (TPSA) is 29.3 Å². The summed E-state index contributed by atoms with van der Waals surface area (Å²) in [4.78, 5) is 2.07. The van der Waals surface area contributed by atoms with E-state index >= 15 is 0 Å². The maximum absolute atomic E-state index is 13.1. The van der Waals surface area contributed by atoms with Gasteiger partial charge in [-0.15, -0.1) is 0 Å². The second-order valence-corrected chi connectivity index (χ2v) is 5.47. The number of hydrogen-bond acceptors (Lipinski definition) is 2. The Balaban J connectivity index is 2.32. The van der Waals surface area contributed by atoms with Crippen LogP contribution < -0.4 is 10.6 Å². The molecule has 2 unspecified atom stereocenters. The SMILES string of the molecule is CC1CC(C)CN(c2ccc(N)cc2C(F)F)C1. The van der Waals surface area contributed by atoms with Crippen molar-refractivity contribution in [2.24, 2.45) is 11.8 Å². The Morgan fingerprint density at radius 3 is 2.39 bits per heavy atom. The highest BCUT2D eigenvalue weighted by Crippen LogP contribution is 2.34. The Morgan fingerprint density at radius 2 is 1.83 bits per heavy atom. The highest BCUT2D eigenvalue weighted by Gasteiger charge is 2.25. The number of alkyl halides is 2. The number of piperidine rings is 1. The first-order valence-corrected chi connectivity index (χ1v) is 6.40. The highest BCUT2D eigenvalue weighted by atomic mass is 19.3. The van der Waals surface area contributed by atoms with E-state index in [0.29, 0.717) is 23.2 Å². The predicted molar refractivity (Wildman–Crippen MR) is 71.0 cm³/mol. The van der Waals surface area contributed by atoms with E-state index in [9.17, 15) is 8.78 Å². The number of anilines is 2. The zero-order valence-electron chi connectivity index (χ0n) is 10.9. The van der Waals surface area contributed by atoms with Gasteiger partial charge < -0.3 is 10.6 Å². The standard InChI is InChI=1S/C14H20F2N2/c1-9-5-10(2)8-18(7-9)13-4-3-11(17)6-12(13)14(15)16/h3-4,6,9-10,14H,5,7-8,17H2,1-2H3. The van der Waals surface area contributed by atoms with E-state index in [1.165, 1.54) is 6.07 Å². The average Bonchev–Trinajstić information content (AvgIpc) is 2.27. The molecule has 0 amide bonds. The summed E-state index contributed by atoms with van der Waals surface area (Å²) in [6.45, 7) is 6.02. The largest absolute Gasteiger partial charge is 0.399 e. The van der Waals surface area contributed by atoms with Gasteiger partial charge >= 0.3 is 0 Å². The third-order valence-corrected chi connectivity index (χ3v) is 3.50. The minimum Gasteiger partial charge on any atom is -0.399 e. The lowest BCUT2D eigenvalue weighted by Gasteiger charge is -2.37. The van der Waals surface area contributed by atoms with E-state index in [2.05, 4.69) is 18.7 Å². The Bertz CT molecular complexity index is 410. The maximum atomic E-state index is 13.1. The van der Waals surface area contributed by atoms with Crippen LogP contribution in [0, 0.1) is 11.8 Å². The molecular weight excluding hydrogens is 234 g/mol. The van der Waals surface area contributed by atoms with Gasteiger partial charge in [0.25, 0.3) is 6.43 Å². The molecule has 2 N–H and O–H groups in total. The van der Waals surface area contributed by atoms with Gasteiger partial charge in [-0.3, -0.25) is 0 Å². The van der Waals surface area contributed by atoms with Crippen molar-refractivity contribution >= 4 is 11.4 Å². The van der Waals surface area contributed by atoms with Crippen LogP contribution in [0.3, 0.4) is 0 Å². The summed E-state index contributed by atoms with van der Waals surface area (Å²) in [7, 11) is 0. The van der Waals surface area contributed by atoms with Gasteiger partial charge in [0.2, 0.25) is 0 Å². The molecule has 18 heavy (non-hydrogen) atoms. The molecule has 2 atom stereocenters. The first-order chi connectivity index (χ1) is 8.47. The maximum Gasteiger partial charge on any atom is 0.265 e. The minimum atomic E-state index is -2.48. The third kappa shape index (κ3) is 2.74. The molecule has 2 rings (SSSR count). The minimum absolute atomic E-state index is 0.0521. The number of benzene rings is 1. The van der Waals surface area contributed by atoms with Crippen LogP contribution in [0.4, 0.5) is 20.2 Å². The summed E-state index contributed by atoms with van der Waals surface area (Å²) in [6, 6.07) is 4.82. The molecular formula is C14H20F2N2. The highest BCUT2D eigenvalue weighted by molar-refractivity contribution is 5.60. The van der Waals surface area contributed by atoms with Crippen molar-refractivity contribution in [2.45, 2.75) is 26.7 Å². The van der Waals surface area contributed by atoms with Crippen LogP contribution in [0.15, 0.2) is 18.2 Å². The van der Waals surface area contributed by atoms with Crippen LogP contribution in [-0.2, 0) is 0 Å². The number of halogens is 2. The first kappa shape index (κ1) is 13.1. The number of rotatable bonds is 2. The molecule has 4 heteroatoms. The molecule has 1 aliphatic heterocycles. The van der Waals surface area contributed by atoms with E-state index in [-0.39, 0.29) is 5.56 Å². The lowest BCUT2D eigenvalue weighted by Crippen LogP contribution is -2.39. The molecule has 1 saturated heterocycles. The quantitative estimate of drug-likeness (QED) is 0.816. The predicted octanol–water partition coefficient (Wildman–Crippen LogP) is 3.69. The second-order valence-electron chi connectivity index (χ2n) is 5.47. The zero-order chi connectivity index (χ0) is 13.3. The molecule has 1 fully saturated rings. The molecule has 0 spiro atoms. The Labute approximate surface area is 107 Å². The van der Waals surface area contributed by atoms with E-state index in [1.807, 2.05) is 0 Å². The van der Waals surface area contributed by atoms with E-state index in [0.717, 1.165) is 19.5 Å². The van der Waals surface area contributed by atoms with Gasteiger partial charge in [0.1, 0.15) is 0 Å². The molecule has 1 aliphatic rings. The van der Waals surface area contributed by atoms with Crippen molar-refractivity contribution in [3.05, 3.63) is 23.8 Å². The summed E-state index contributed by atoms with van der Waals surface area (Å²) >= 11 is 0. The van der Waals surface area contributed by atoms with Gasteiger partial charge in [-0.05, 0) is 36.5 Å². The van der Waals surface area contributed by atoms with Gasteiger partial charge in [0.15, 0.2) is 0 Å². The van der Waals surface area contributed by atoms with Crippen LogP contribution in [0.2, 0.25) is 0 Å². The molecule has 0 saturated carbocycles. The van der Waals surface area contributed by atoms with Crippen molar-refractivity contribution in [1.82, 2.24) is 0 Å². The van der Waals surface area contributed by atoms with Gasteiger partial charge in [-0.25, -0.2) is 8.78 Å². The van der Waals surface area contributed by atoms with E-state index in [1.54, 1.807) is 12.1 Å². The molecule has 1 aromatic carbocycles. The monoisotopic (exact) mass is 254 g/mol. The lowest BCUT2D eigenvalue weighted by atomic mass is 9.91. The molecule has 0 radical (unpaired) electrons. The normalized spacial score (nSPS) is 24.6. The summed E-state index contributed by atoms with van der Waals surface area (Å²) in [5.74, 6) is 1.08. The van der Waals surface area contributed by atoms with Gasteiger partial charge in [0.05, 0.1) is 0 Å². The van der Waals surface area contributed by atoms with Gasteiger partial charge in [-0.1, -0.05) is 13.8 Å².